The number of ether oxygens (including phenoxy) is 6. The fourth-order valence-corrected chi connectivity index (χ4v) is 2.02. The Labute approximate surface area is 129 Å². The maximum atomic E-state index is 10.2. The van der Waals surface area contributed by atoms with E-state index in [4.69, 9.17) is 28.4 Å². The molecule has 5 atom stereocenters. The van der Waals surface area contributed by atoms with Gasteiger partial charge < -0.3 is 38.6 Å². The zero-order valence-electron chi connectivity index (χ0n) is 12.5. The maximum Gasteiger partial charge on any atom is 0.114 e. The molecule has 128 valence electrons. The minimum atomic E-state index is -0.937. The number of rotatable bonds is 13. The molecule has 8 nitrogen and oxygen atoms in total. The molecule has 3 aliphatic heterocycles. The van der Waals surface area contributed by atoms with E-state index in [0.29, 0.717) is 39.6 Å². The predicted octanol–water partition coefficient (Wildman–Crippen LogP) is -1.68. The van der Waals surface area contributed by atoms with E-state index in [9.17, 15) is 10.2 Å². The van der Waals surface area contributed by atoms with Crippen LogP contribution in [0.15, 0.2) is 0 Å². The summed E-state index contributed by atoms with van der Waals surface area (Å²) in [4.78, 5) is 0. The highest BCUT2D eigenvalue weighted by molar-refractivity contribution is 4.80. The van der Waals surface area contributed by atoms with Crippen LogP contribution >= 0.6 is 0 Å². The Morgan fingerprint density at radius 2 is 1.18 bits per heavy atom. The van der Waals surface area contributed by atoms with E-state index >= 15 is 0 Å². The third-order valence-electron chi connectivity index (χ3n) is 3.62. The molecule has 3 rings (SSSR count). The second kappa shape index (κ2) is 7.98. The first-order valence-corrected chi connectivity index (χ1v) is 7.70. The van der Waals surface area contributed by atoms with Gasteiger partial charge in [0.05, 0.1) is 52.9 Å². The average molecular weight is 320 g/mol. The van der Waals surface area contributed by atoms with Crippen LogP contribution in [-0.2, 0) is 28.4 Å². The van der Waals surface area contributed by atoms with E-state index in [1.54, 1.807) is 0 Å². The number of aliphatic hydroxyl groups excluding tert-OH is 2. The highest BCUT2D eigenvalue weighted by atomic mass is 16.6. The van der Waals surface area contributed by atoms with E-state index in [1.165, 1.54) is 0 Å². The molecule has 3 fully saturated rings. The minimum Gasteiger partial charge on any atom is -0.388 e. The largest absolute Gasteiger partial charge is 0.388 e. The molecule has 3 aliphatic rings. The van der Waals surface area contributed by atoms with Crippen molar-refractivity contribution >= 4 is 0 Å². The molecule has 0 spiro atoms. The minimum absolute atomic E-state index is 0.0588. The lowest BCUT2D eigenvalue weighted by molar-refractivity contribution is -0.138. The van der Waals surface area contributed by atoms with Crippen molar-refractivity contribution in [3.63, 3.8) is 0 Å². The van der Waals surface area contributed by atoms with E-state index in [0.717, 1.165) is 0 Å². The summed E-state index contributed by atoms with van der Waals surface area (Å²) >= 11 is 0. The molecule has 0 aliphatic carbocycles. The summed E-state index contributed by atoms with van der Waals surface area (Å²) in [6.07, 6.45) is -2.31. The van der Waals surface area contributed by atoms with Gasteiger partial charge in [-0.2, -0.15) is 0 Å². The summed E-state index contributed by atoms with van der Waals surface area (Å²) in [5.41, 5.74) is 0. The lowest BCUT2D eigenvalue weighted by atomic mass is 10.1. The molecule has 0 amide bonds. The Kier molecular flexibility index (Phi) is 6.00. The molecule has 0 radical (unpaired) electrons. The molecular formula is C14H24O8. The normalized spacial score (nSPS) is 33.3. The van der Waals surface area contributed by atoms with Crippen LogP contribution < -0.4 is 0 Å². The molecule has 0 aromatic carbocycles. The van der Waals surface area contributed by atoms with Gasteiger partial charge in [-0.3, -0.25) is 0 Å². The topological polar surface area (TPSA) is 106 Å². The molecule has 5 unspecified atom stereocenters. The number of hydrogen-bond donors (Lipinski definition) is 2. The SMILES string of the molecule is OC(COCC1CO1)C(OCC1CO1)C(O)COCC1CO1. The van der Waals surface area contributed by atoms with Crippen molar-refractivity contribution in [3.8, 4) is 0 Å². The lowest BCUT2D eigenvalue weighted by Crippen LogP contribution is -2.45. The van der Waals surface area contributed by atoms with Crippen molar-refractivity contribution in [2.45, 2.75) is 36.6 Å². The summed E-state index contributed by atoms with van der Waals surface area (Å²) in [5, 5.41) is 20.4. The van der Waals surface area contributed by atoms with Gasteiger partial charge in [-0.05, 0) is 0 Å². The third kappa shape index (κ3) is 6.05. The van der Waals surface area contributed by atoms with Gasteiger partial charge in [0, 0.05) is 0 Å². The molecular weight excluding hydrogens is 296 g/mol. The zero-order chi connectivity index (χ0) is 15.4. The van der Waals surface area contributed by atoms with Gasteiger partial charge in [0.15, 0.2) is 0 Å². The van der Waals surface area contributed by atoms with Crippen LogP contribution in [0, 0.1) is 0 Å². The molecule has 8 heteroatoms. The van der Waals surface area contributed by atoms with Crippen LogP contribution in [0.1, 0.15) is 0 Å². The van der Waals surface area contributed by atoms with Gasteiger partial charge >= 0.3 is 0 Å². The Hall–Kier alpha value is -0.320. The van der Waals surface area contributed by atoms with Gasteiger partial charge in [0.2, 0.25) is 0 Å². The number of aliphatic hydroxyl groups is 2. The van der Waals surface area contributed by atoms with Gasteiger partial charge in [0.25, 0.3) is 0 Å². The molecule has 3 heterocycles. The highest BCUT2D eigenvalue weighted by Gasteiger charge is 2.33. The van der Waals surface area contributed by atoms with Crippen LogP contribution in [-0.4, -0.2) is 99.7 Å². The molecule has 2 N–H and O–H groups in total. The summed E-state index contributed by atoms with van der Waals surface area (Å²) in [7, 11) is 0. The van der Waals surface area contributed by atoms with Crippen molar-refractivity contribution in [3.05, 3.63) is 0 Å². The Bertz CT molecular complexity index is 305. The van der Waals surface area contributed by atoms with E-state index in [2.05, 4.69) is 0 Å². The van der Waals surface area contributed by atoms with Gasteiger partial charge in [0.1, 0.15) is 36.6 Å². The number of hydrogen-bond acceptors (Lipinski definition) is 8. The van der Waals surface area contributed by atoms with Gasteiger partial charge in [-0.25, -0.2) is 0 Å². The first-order chi connectivity index (χ1) is 10.7. The molecule has 0 bridgehead atoms. The van der Waals surface area contributed by atoms with Crippen molar-refractivity contribution < 1.29 is 38.6 Å². The average Bonchev–Trinajstić information content (AvgIpc) is 3.35. The van der Waals surface area contributed by atoms with Crippen molar-refractivity contribution in [1.29, 1.82) is 0 Å². The quantitative estimate of drug-likeness (QED) is 0.388. The van der Waals surface area contributed by atoms with E-state index in [1.807, 2.05) is 0 Å². The van der Waals surface area contributed by atoms with Crippen LogP contribution in [0.25, 0.3) is 0 Å². The van der Waals surface area contributed by atoms with Crippen molar-refractivity contribution in [2.24, 2.45) is 0 Å². The molecule has 0 saturated carbocycles. The van der Waals surface area contributed by atoms with Gasteiger partial charge in [-0.15, -0.1) is 0 Å². The van der Waals surface area contributed by atoms with Gasteiger partial charge in [-0.1, -0.05) is 0 Å². The smallest absolute Gasteiger partial charge is 0.114 e. The van der Waals surface area contributed by atoms with Crippen molar-refractivity contribution in [2.75, 3.05) is 52.9 Å². The summed E-state index contributed by atoms with van der Waals surface area (Å²) < 4.78 is 31.5. The van der Waals surface area contributed by atoms with Crippen LogP contribution in [0.3, 0.4) is 0 Å². The molecule has 22 heavy (non-hydrogen) atoms. The van der Waals surface area contributed by atoms with Crippen molar-refractivity contribution in [1.82, 2.24) is 0 Å². The molecule has 0 aromatic rings. The Morgan fingerprint density at radius 1 is 0.773 bits per heavy atom. The van der Waals surface area contributed by atoms with E-state index < -0.39 is 18.3 Å². The monoisotopic (exact) mass is 320 g/mol. The fraction of sp³-hybridized carbons (Fsp3) is 1.00. The second-order valence-electron chi connectivity index (χ2n) is 5.87. The summed E-state index contributed by atoms with van der Waals surface area (Å²) in [5.74, 6) is 0. The predicted molar refractivity (Wildman–Crippen MR) is 72.6 cm³/mol. The fourth-order valence-electron chi connectivity index (χ4n) is 2.02. The van der Waals surface area contributed by atoms with Crippen LogP contribution in [0.4, 0.5) is 0 Å². The second-order valence-corrected chi connectivity index (χ2v) is 5.87. The standard InChI is InChI=1S/C14H24O8/c15-12(7-17-1-9-3-19-9)14(22-6-11-5-21-11)13(16)8-18-2-10-4-20-10/h9-16H,1-8H2. The molecule has 0 aromatic heterocycles. The maximum absolute atomic E-state index is 10.2. The van der Waals surface area contributed by atoms with E-state index in [-0.39, 0.29) is 31.5 Å². The highest BCUT2D eigenvalue weighted by Crippen LogP contribution is 2.16. The van der Waals surface area contributed by atoms with Crippen LogP contribution in [0.2, 0.25) is 0 Å². The van der Waals surface area contributed by atoms with Crippen LogP contribution in [0.5, 0.6) is 0 Å². The molecule has 3 saturated heterocycles. The Balaban J connectivity index is 1.38. The first kappa shape index (κ1) is 16.5. The lowest BCUT2D eigenvalue weighted by Gasteiger charge is -2.27. The Morgan fingerprint density at radius 3 is 1.59 bits per heavy atom. The summed E-state index contributed by atoms with van der Waals surface area (Å²) in [6, 6.07) is 0. The summed E-state index contributed by atoms with van der Waals surface area (Å²) in [6.45, 7) is 3.46. The third-order valence-corrected chi connectivity index (χ3v) is 3.62. The zero-order valence-corrected chi connectivity index (χ0v) is 12.5. The first-order valence-electron chi connectivity index (χ1n) is 7.70. The number of epoxide rings is 3.